The van der Waals surface area contributed by atoms with E-state index in [0.29, 0.717) is 32.2 Å². The van der Waals surface area contributed by atoms with E-state index in [0.717, 1.165) is 12.0 Å². The zero-order valence-corrected chi connectivity index (χ0v) is 12.9. The summed E-state index contributed by atoms with van der Waals surface area (Å²) in [4.78, 5) is 0. The molecule has 5 nitrogen and oxygen atoms in total. The van der Waals surface area contributed by atoms with Crippen molar-refractivity contribution in [3.8, 4) is 0 Å². The largest absolute Gasteiger partial charge is 0.313 e. The van der Waals surface area contributed by atoms with Gasteiger partial charge in [0.25, 0.3) is 10.2 Å². The van der Waals surface area contributed by atoms with Gasteiger partial charge >= 0.3 is 0 Å². The van der Waals surface area contributed by atoms with Crippen molar-refractivity contribution in [3.05, 3.63) is 35.4 Å². The second kappa shape index (κ2) is 6.67. The first kappa shape index (κ1) is 15.4. The van der Waals surface area contributed by atoms with E-state index in [1.165, 1.54) is 9.87 Å². The summed E-state index contributed by atoms with van der Waals surface area (Å²) in [6.07, 6.45) is 0.779. The molecule has 0 atom stereocenters. The first-order valence-electron chi connectivity index (χ1n) is 7.04. The van der Waals surface area contributed by atoms with Gasteiger partial charge in [0.1, 0.15) is 0 Å². The maximum atomic E-state index is 12.2. The van der Waals surface area contributed by atoms with Crippen LogP contribution < -0.4 is 10.0 Å². The summed E-state index contributed by atoms with van der Waals surface area (Å²) in [5, 5.41) is 3.19. The molecule has 1 heterocycles. The lowest BCUT2D eigenvalue weighted by Crippen LogP contribution is -2.45. The molecule has 6 heteroatoms. The topological polar surface area (TPSA) is 61.4 Å². The quantitative estimate of drug-likeness (QED) is 0.766. The lowest BCUT2D eigenvalue weighted by atomic mass is 10.0. The molecule has 112 valence electrons. The Labute approximate surface area is 121 Å². The minimum Gasteiger partial charge on any atom is -0.313 e. The summed E-state index contributed by atoms with van der Waals surface area (Å²) in [6, 6.07) is 8.38. The highest BCUT2D eigenvalue weighted by molar-refractivity contribution is 7.87. The second-order valence-electron chi connectivity index (χ2n) is 5.36. The van der Waals surface area contributed by atoms with E-state index in [1.807, 2.05) is 32.0 Å². The Morgan fingerprint density at radius 1 is 1.20 bits per heavy atom. The highest BCUT2D eigenvalue weighted by Gasteiger charge is 2.25. The number of nitrogens with one attached hydrogen (secondary N) is 2. The Hall–Kier alpha value is -0.950. The second-order valence-corrected chi connectivity index (χ2v) is 7.12. The van der Waals surface area contributed by atoms with Gasteiger partial charge in [-0.3, -0.25) is 0 Å². The summed E-state index contributed by atoms with van der Waals surface area (Å²) in [6.45, 7) is 6.14. The average molecular weight is 297 g/mol. The van der Waals surface area contributed by atoms with Crippen LogP contribution in [0.2, 0.25) is 0 Å². The maximum Gasteiger partial charge on any atom is 0.279 e. The Bertz CT molecular complexity index is 543. The molecule has 2 rings (SSSR count). The Balaban J connectivity index is 1.91. The first-order chi connectivity index (χ1) is 9.49. The van der Waals surface area contributed by atoms with Crippen molar-refractivity contribution in [3.63, 3.8) is 0 Å². The Kier molecular flexibility index (Phi) is 5.15. The van der Waals surface area contributed by atoms with E-state index in [1.54, 1.807) is 0 Å². The molecule has 1 aliphatic rings. The highest BCUT2D eigenvalue weighted by atomic mass is 32.2. The van der Waals surface area contributed by atoms with Crippen LogP contribution in [0.5, 0.6) is 0 Å². The lowest BCUT2D eigenvalue weighted by Gasteiger charge is -2.28. The molecule has 0 saturated heterocycles. The number of nitrogens with zero attached hydrogens (tertiary/aromatic N) is 1. The molecule has 0 aliphatic carbocycles. The fourth-order valence-electron chi connectivity index (χ4n) is 2.31. The van der Waals surface area contributed by atoms with Gasteiger partial charge in [-0.1, -0.05) is 38.1 Å². The van der Waals surface area contributed by atoms with Crippen LogP contribution in [0.25, 0.3) is 0 Å². The van der Waals surface area contributed by atoms with E-state index in [9.17, 15) is 8.42 Å². The normalized spacial score (nSPS) is 16.4. The molecule has 0 saturated carbocycles. The third kappa shape index (κ3) is 4.02. The van der Waals surface area contributed by atoms with Crippen LogP contribution >= 0.6 is 0 Å². The average Bonchev–Trinajstić information content (AvgIpc) is 2.43. The monoisotopic (exact) mass is 297 g/mol. The molecule has 0 aromatic heterocycles. The van der Waals surface area contributed by atoms with Gasteiger partial charge in [-0.25, -0.2) is 4.72 Å². The van der Waals surface area contributed by atoms with E-state index in [2.05, 4.69) is 16.1 Å². The van der Waals surface area contributed by atoms with Gasteiger partial charge in [-0.15, -0.1) is 0 Å². The van der Waals surface area contributed by atoms with E-state index in [4.69, 9.17) is 0 Å². The standard InChI is InChI=1S/C14H23N3O2S/c1-12(2)15-8-9-16-20(18,19)17-10-7-13-5-3-4-6-14(13)11-17/h3-6,12,15-16H,7-11H2,1-2H3. The summed E-state index contributed by atoms with van der Waals surface area (Å²) < 4.78 is 28.6. The van der Waals surface area contributed by atoms with E-state index in [-0.39, 0.29) is 0 Å². The van der Waals surface area contributed by atoms with E-state index < -0.39 is 10.2 Å². The zero-order chi connectivity index (χ0) is 14.6. The fraction of sp³-hybridized carbons (Fsp3) is 0.571. The molecular formula is C14H23N3O2S. The van der Waals surface area contributed by atoms with Gasteiger partial charge in [0.15, 0.2) is 0 Å². The zero-order valence-electron chi connectivity index (χ0n) is 12.1. The van der Waals surface area contributed by atoms with Crippen LogP contribution in [0.15, 0.2) is 24.3 Å². The Morgan fingerprint density at radius 3 is 2.60 bits per heavy atom. The molecule has 0 radical (unpaired) electrons. The molecular weight excluding hydrogens is 274 g/mol. The highest BCUT2D eigenvalue weighted by Crippen LogP contribution is 2.19. The van der Waals surface area contributed by atoms with Crippen molar-refractivity contribution in [1.29, 1.82) is 0 Å². The smallest absolute Gasteiger partial charge is 0.279 e. The Morgan fingerprint density at radius 2 is 1.90 bits per heavy atom. The van der Waals surface area contributed by atoms with Crippen molar-refractivity contribution in [2.45, 2.75) is 32.9 Å². The van der Waals surface area contributed by atoms with Crippen LogP contribution in [0.1, 0.15) is 25.0 Å². The van der Waals surface area contributed by atoms with Crippen molar-refractivity contribution >= 4 is 10.2 Å². The predicted octanol–water partition coefficient (Wildman–Crippen LogP) is 0.877. The predicted molar refractivity (Wildman–Crippen MR) is 80.6 cm³/mol. The minimum atomic E-state index is -3.38. The van der Waals surface area contributed by atoms with Gasteiger partial charge < -0.3 is 5.32 Å². The van der Waals surface area contributed by atoms with Crippen molar-refractivity contribution in [1.82, 2.24) is 14.3 Å². The SMILES string of the molecule is CC(C)NCCNS(=O)(=O)N1CCc2ccccc2C1. The van der Waals surface area contributed by atoms with Crippen LogP contribution in [-0.2, 0) is 23.2 Å². The molecule has 1 aromatic rings. The van der Waals surface area contributed by atoms with Gasteiger partial charge in [0.05, 0.1) is 0 Å². The van der Waals surface area contributed by atoms with Crippen LogP contribution in [-0.4, -0.2) is 38.4 Å². The molecule has 0 fully saturated rings. The molecule has 0 unspecified atom stereocenters. The minimum absolute atomic E-state index is 0.362. The maximum absolute atomic E-state index is 12.2. The number of rotatable bonds is 6. The molecule has 2 N–H and O–H groups in total. The van der Waals surface area contributed by atoms with Gasteiger partial charge in [0.2, 0.25) is 0 Å². The summed E-state index contributed by atoms with van der Waals surface area (Å²) in [5.74, 6) is 0. The number of benzene rings is 1. The van der Waals surface area contributed by atoms with Gasteiger partial charge in [0, 0.05) is 32.2 Å². The summed E-state index contributed by atoms with van der Waals surface area (Å²) in [7, 11) is -3.38. The first-order valence-corrected chi connectivity index (χ1v) is 8.48. The van der Waals surface area contributed by atoms with Crippen molar-refractivity contribution in [2.75, 3.05) is 19.6 Å². The molecule has 1 aliphatic heterocycles. The number of fused-ring (bicyclic) bond motifs is 1. The van der Waals surface area contributed by atoms with Crippen molar-refractivity contribution in [2.24, 2.45) is 0 Å². The molecule has 1 aromatic carbocycles. The van der Waals surface area contributed by atoms with E-state index >= 15 is 0 Å². The van der Waals surface area contributed by atoms with Gasteiger partial charge in [-0.05, 0) is 17.5 Å². The van der Waals surface area contributed by atoms with Crippen LogP contribution in [0.4, 0.5) is 0 Å². The van der Waals surface area contributed by atoms with Crippen LogP contribution in [0.3, 0.4) is 0 Å². The molecule has 20 heavy (non-hydrogen) atoms. The fourth-order valence-corrected chi connectivity index (χ4v) is 3.49. The molecule has 0 amide bonds. The number of hydrogen-bond acceptors (Lipinski definition) is 3. The summed E-state index contributed by atoms with van der Waals surface area (Å²) in [5.41, 5.74) is 2.35. The van der Waals surface area contributed by atoms with Gasteiger partial charge in [-0.2, -0.15) is 12.7 Å². The summed E-state index contributed by atoms with van der Waals surface area (Å²) >= 11 is 0. The third-order valence-electron chi connectivity index (χ3n) is 3.40. The third-order valence-corrected chi connectivity index (χ3v) is 4.96. The lowest BCUT2D eigenvalue weighted by molar-refractivity contribution is 0.383. The molecule has 0 spiro atoms. The molecule has 0 bridgehead atoms. The number of hydrogen-bond donors (Lipinski definition) is 2. The van der Waals surface area contributed by atoms with Crippen molar-refractivity contribution < 1.29 is 8.42 Å². The van der Waals surface area contributed by atoms with Crippen LogP contribution in [0, 0.1) is 0 Å².